The summed E-state index contributed by atoms with van der Waals surface area (Å²) in [5.41, 5.74) is 1.27. The largest absolute Gasteiger partial charge is 0.375 e. The number of para-hydroxylation sites is 1. The van der Waals surface area contributed by atoms with E-state index in [1.54, 1.807) is 0 Å². The molecule has 2 atom stereocenters. The number of hydrogen-bond acceptors (Lipinski definition) is 3. The molecular weight excluding hydrogens is 304 g/mol. The first-order chi connectivity index (χ1) is 11.2. The fourth-order valence-corrected chi connectivity index (χ4v) is 3.80. The van der Waals surface area contributed by atoms with Crippen LogP contribution < -0.4 is 15.5 Å². The Morgan fingerprint density at radius 2 is 2.09 bits per heavy atom. The Hall–Kier alpha value is -1.36. The SMILES string of the molecule is CN=C(NCCCN(C)c1ccccc1)NC1CCC(SC)C1. The van der Waals surface area contributed by atoms with E-state index in [9.17, 15) is 0 Å². The summed E-state index contributed by atoms with van der Waals surface area (Å²) in [6.07, 6.45) is 7.12. The van der Waals surface area contributed by atoms with E-state index in [2.05, 4.69) is 64.2 Å². The number of thioether (sulfide) groups is 1. The van der Waals surface area contributed by atoms with Crippen molar-refractivity contribution in [3.63, 3.8) is 0 Å². The first-order valence-corrected chi connectivity index (χ1v) is 9.78. The predicted octanol–water partition coefficient (Wildman–Crippen LogP) is 2.96. The molecule has 128 valence electrons. The van der Waals surface area contributed by atoms with Gasteiger partial charge < -0.3 is 15.5 Å². The van der Waals surface area contributed by atoms with Gasteiger partial charge in [-0.05, 0) is 44.1 Å². The van der Waals surface area contributed by atoms with Crippen molar-refractivity contribution in [2.75, 3.05) is 38.3 Å². The van der Waals surface area contributed by atoms with E-state index in [1.807, 2.05) is 18.8 Å². The molecule has 23 heavy (non-hydrogen) atoms. The van der Waals surface area contributed by atoms with Crippen LogP contribution in [0.1, 0.15) is 25.7 Å². The quantitative estimate of drug-likeness (QED) is 0.457. The summed E-state index contributed by atoms with van der Waals surface area (Å²) in [5.74, 6) is 0.944. The molecule has 2 unspecified atom stereocenters. The van der Waals surface area contributed by atoms with Gasteiger partial charge in [0, 0.05) is 44.2 Å². The number of anilines is 1. The lowest BCUT2D eigenvalue weighted by molar-refractivity contribution is 0.611. The predicted molar refractivity (Wildman–Crippen MR) is 104 cm³/mol. The lowest BCUT2D eigenvalue weighted by atomic mass is 10.2. The summed E-state index contributed by atoms with van der Waals surface area (Å²) < 4.78 is 0. The van der Waals surface area contributed by atoms with Gasteiger partial charge in [0.1, 0.15) is 0 Å². The van der Waals surface area contributed by atoms with E-state index in [0.717, 1.165) is 30.7 Å². The van der Waals surface area contributed by atoms with E-state index in [0.29, 0.717) is 6.04 Å². The standard InChI is InChI=1S/C18H30N4S/c1-19-18(21-15-10-11-17(14-15)23-3)20-12-7-13-22(2)16-8-5-4-6-9-16/h4-6,8-9,15,17H,7,10-14H2,1-3H3,(H2,19,20,21). The Labute approximate surface area is 145 Å². The summed E-state index contributed by atoms with van der Waals surface area (Å²) in [6, 6.07) is 11.1. The molecule has 1 aromatic carbocycles. The fourth-order valence-electron chi connectivity index (χ4n) is 3.01. The normalized spacial score (nSPS) is 21.3. The Morgan fingerprint density at radius 3 is 2.74 bits per heavy atom. The Kier molecular flexibility index (Phi) is 7.59. The van der Waals surface area contributed by atoms with Gasteiger partial charge in [-0.1, -0.05) is 18.2 Å². The molecule has 5 heteroatoms. The highest BCUT2D eigenvalue weighted by Crippen LogP contribution is 2.27. The second kappa shape index (κ2) is 9.71. The molecule has 0 heterocycles. The highest BCUT2D eigenvalue weighted by atomic mass is 32.2. The number of guanidine groups is 1. The lowest BCUT2D eigenvalue weighted by Crippen LogP contribution is -2.43. The average Bonchev–Trinajstić information content (AvgIpc) is 3.05. The zero-order valence-electron chi connectivity index (χ0n) is 14.6. The summed E-state index contributed by atoms with van der Waals surface area (Å²) in [5, 5.41) is 7.81. The van der Waals surface area contributed by atoms with E-state index >= 15 is 0 Å². The van der Waals surface area contributed by atoms with Crippen LogP contribution in [0, 0.1) is 0 Å². The molecule has 1 fully saturated rings. The minimum atomic E-state index is 0.575. The summed E-state index contributed by atoms with van der Waals surface area (Å²) in [4.78, 5) is 6.64. The smallest absolute Gasteiger partial charge is 0.191 e. The van der Waals surface area contributed by atoms with Crippen LogP contribution in [0.2, 0.25) is 0 Å². The molecule has 1 saturated carbocycles. The van der Waals surface area contributed by atoms with Gasteiger partial charge in [0.2, 0.25) is 0 Å². The van der Waals surface area contributed by atoms with Gasteiger partial charge in [0.05, 0.1) is 0 Å². The van der Waals surface area contributed by atoms with Crippen LogP contribution in [-0.2, 0) is 0 Å². The number of rotatable bonds is 7. The number of aliphatic imine (C=N–C) groups is 1. The Morgan fingerprint density at radius 1 is 1.30 bits per heavy atom. The zero-order valence-corrected chi connectivity index (χ0v) is 15.4. The van der Waals surface area contributed by atoms with Crippen molar-refractivity contribution in [1.29, 1.82) is 0 Å². The molecule has 1 aliphatic rings. The molecule has 0 aliphatic heterocycles. The Balaban J connectivity index is 1.64. The number of benzene rings is 1. The Bertz CT molecular complexity index is 477. The molecule has 2 N–H and O–H groups in total. The van der Waals surface area contributed by atoms with Crippen molar-refractivity contribution in [3.8, 4) is 0 Å². The van der Waals surface area contributed by atoms with E-state index < -0.39 is 0 Å². The third kappa shape index (κ3) is 5.98. The second-order valence-electron chi connectivity index (χ2n) is 6.12. The van der Waals surface area contributed by atoms with Gasteiger partial charge in [-0.25, -0.2) is 0 Å². The van der Waals surface area contributed by atoms with Crippen LogP contribution >= 0.6 is 11.8 Å². The van der Waals surface area contributed by atoms with Gasteiger partial charge >= 0.3 is 0 Å². The van der Waals surface area contributed by atoms with Crippen molar-refractivity contribution in [3.05, 3.63) is 30.3 Å². The molecule has 0 amide bonds. The first kappa shape index (κ1) is 18.0. The summed E-state index contributed by atoms with van der Waals surface area (Å²) in [6.45, 7) is 1.97. The maximum Gasteiger partial charge on any atom is 0.191 e. The highest BCUT2D eigenvalue weighted by molar-refractivity contribution is 7.99. The van der Waals surface area contributed by atoms with Crippen molar-refractivity contribution in [1.82, 2.24) is 10.6 Å². The molecule has 0 spiro atoms. The third-order valence-corrected chi connectivity index (χ3v) is 5.54. The van der Waals surface area contributed by atoms with Gasteiger partial charge in [-0.2, -0.15) is 11.8 Å². The molecule has 0 bridgehead atoms. The van der Waals surface area contributed by atoms with Gasteiger partial charge in [0.15, 0.2) is 5.96 Å². The number of nitrogens with zero attached hydrogens (tertiary/aromatic N) is 2. The van der Waals surface area contributed by atoms with Crippen LogP contribution in [0.25, 0.3) is 0 Å². The van der Waals surface area contributed by atoms with Gasteiger partial charge in [0.25, 0.3) is 0 Å². The maximum atomic E-state index is 4.35. The number of hydrogen-bond donors (Lipinski definition) is 2. The van der Waals surface area contributed by atoms with Crippen LogP contribution in [-0.4, -0.2) is 50.7 Å². The molecule has 0 aromatic heterocycles. The second-order valence-corrected chi connectivity index (χ2v) is 7.26. The van der Waals surface area contributed by atoms with Crippen LogP contribution in [0.15, 0.2) is 35.3 Å². The van der Waals surface area contributed by atoms with Crippen LogP contribution in [0.3, 0.4) is 0 Å². The topological polar surface area (TPSA) is 39.7 Å². The molecule has 1 aromatic rings. The molecular formula is C18H30N4S. The zero-order chi connectivity index (χ0) is 16.5. The minimum Gasteiger partial charge on any atom is -0.375 e. The molecule has 0 radical (unpaired) electrons. The minimum absolute atomic E-state index is 0.575. The highest BCUT2D eigenvalue weighted by Gasteiger charge is 2.24. The van der Waals surface area contributed by atoms with Gasteiger partial charge in [-0.3, -0.25) is 4.99 Å². The molecule has 0 saturated heterocycles. The molecule has 2 rings (SSSR count). The first-order valence-electron chi connectivity index (χ1n) is 8.49. The number of nitrogens with one attached hydrogen (secondary N) is 2. The summed E-state index contributed by atoms with van der Waals surface area (Å²) >= 11 is 1.99. The third-order valence-electron chi connectivity index (χ3n) is 4.44. The van der Waals surface area contributed by atoms with Crippen LogP contribution in [0.5, 0.6) is 0 Å². The fraction of sp³-hybridized carbons (Fsp3) is 0.611. The monoisotopic (exact) mass is 334 g/mol. The van der Waals surface area contributed by atoms with Gasteiger partial charge in [-0.15, -0.1) is 0 Å². The molecule has 4 nitrogen and oxygen atoms in total. The van der Waals surface area contributed by atoms with Crippen LogP contribution in [0.4, 0.5) is 5.69 Å². The maximum absolute atomic E-state index is 4.35. The van der Waals surface area contributed by atoms with E-state index in [1.165, 1.54) is 24.9 Å². The van der Waals surface area contributed by atoms with Crippen molar-refractivity contribution in [2.24, 2.45) is 4.99 Å². The van der Waals surface area contributed by atoms with E-state index in [4.69, 9.17) is 0 Å². The lowest BCUT2D eigenvalue weighted by Gasteiger charge is -2.20. The average molecular weight is 335 g/mol. The van der Waals surface area contributed by atoms with Crippen molar-refractivity contribution >= 4 is 23.4 Å². The summed E-state index contributed by atoms with van der Waals surface area (Å²) in [7, 11) is 4.00. The molecule has 1 aliphatic carbocycles. The van der Waals surface area contributed by atoms with Crippen molar-refractivity contribution < 1.29 is 0 Å². The van der Waals surface area contributed by atoms with Crippen molar-refractivity contribution in [2.45, 2.75) is 37.0 Å². The van der Waals surface area contributed by atoms with E-state index in [-0.39, 0.29) is 0 Å².